The molecule has 110 valence electrons. The standard InChI is InChI=1S/C15H21BrN2O2/c1-17(2)9-4-10-18(3)14-7-5-12(11-13(14)16)6-8-15(19)20/h5-8,11H,4,9-10H2,1-3H3,(H,19,20)/b8-6+. The molecule has 0 fully saturated rings. The SMILES string of the molecule is CN(C)CCCN(C)c1ccc(/C=C/C(=O)O)cc1Br. The highest BCUT2D eigenvalue weighted by atomic mass is 79.9. The van der Waals surface area contributed by atoms with Crippen LogP contribution in [0.1, 0.15) is 12.0 Å². The van der Waals surface area contributed by atoms with Crippen LogP contribution in [0.5, 0.6) is 0 Å². The second-order valence-corrected chi connectivity index (χ2v) is 5.82. The van der Waals surface area contributed by atoms with Crippen LogP contribution in [-0.4, -0.2) is 50.2 Å². The average Bonchev–Trinajstić information content (AvgIpc) is 2.35. The van der Waals surface area contributed by atoms with Gasteiger partial charge in [0.2, 0.25) is 0 Å². The molecule has 0 spiro atoms. The van der Waals surface area contributed by atoms with Crippen molar-refractivity contribution in [1.29, 1.82) is 0 Å². The van der Waals surface area contributed by atoms with Gasteiger partial charge in [0.1, 0.15) is 0 Å². The first kappa shape index (κ1) is 16.7. The van der Waals surface area contributed by atoms with Crippen molar-refractivity contribution < 1.29 is 9.90 Å². The molecule has 20 heavy (non-hydrogen) atoms. The Morgan fingerprint density at radius 1 is 1.30 bits per heavy atom. The Morgan fingerprint density at radius 2 is 2.00 bits per heavy atom. The van der Waals surface area contributed by atoms with E-state index in [0.717, 1.165) is 41.3 Å². The second-order valence-electron chi connectivity index (χ2n) is 4.96. The molecule has 0 heterocycles. The maximum Gasteiger partial charge on any atom is 0.328 e. The van der Waals surface area contributed by atoms with Crippen LogP contribution in [0.2, 0.25) is 0 Å². The zero-order chi connectivity index (χ0) is 15.1. The predicted molar refractivity (Wildman–Crippen MR) is 87.3 cm³/mol. The van der Waals surface area contributed by atoms with E-state index in [1.54, 1.807) is 6.08 Å². The Balaban J connectivity index is 2.69. The van der Waals surface area contributed by atoms with Crippen molar-refractivity contribution in [3.05, 3.63) is 34.3 Å². The fourth-order valence-corrected chi connectivity index (χ4v) is 2.55. The lowest BCUT2D eigenvalue weighted by molar-refractivity contribution is -0.131. The van der Waals surface area contributed by atoms with Crippen molar-refractivity contribution >= 4 is 33.7 Å². The molecule has 0 saturated heterocycles. The van der Waals surface area contributed by atoms with Crippen molar-refractivity contribution in [2.75, 3.05) is 39.1 Å². The number of benzene rings is 1. The summed E-state index contributed by atoms with van der Waals surface area (Å²) < 4.78 is 0.970. The van der Waals surface area contributed by atoms with Gasteiger partial charge in [0.05, 0.1) is 5.69 Å². The van der Waals surface area contributed by atoms with Crippen molar-refractivity contribution in [2.45, 2.75) is 6.42 Å². The molecular weight excluding hydrogens is 320 g/mol. The summed E-state index contributed by atoms with van der Waals surface area (Å²) in [6.45, 7) is 2.03. The number of hydrogen-bond acceptors (Lipinski definition) is 3. The molecule has 1 rings (SSSR count). The summed E-state index contributed by atoms with van der Waals surface area (Å²) in [6.07, 6.45) is 3.82. The van der Waals surface area contributed by atoms with Gasteiger partial charge < -0.3 is 14.9 Å². The van der Waals surface area contributed by atoms with Gasteiger partial charge in [-0.15, -0.1) is 0 Å². The molecule has 0 radical (unpaired) electrons. The Labute approximate surface area is 128 Å². The van der Waals surface area contributed by atoms with E-state index in [9.17, 15) is 4.79 Å². The molecule has 4 nitrogen and oxygen atoms in total. The van der Waals surface area contributed by atoms with Crippen LogP contribution in [0.15, 0.2) is 28.7 Å². The Hall–Kier alpha value is -1.33. The molecule has 5 heteroatoms. The number of rotatable bonds is 7. The normalized spacial score (nSPS) is 11.2. The van der Waals surface area contributed by atoms with E-state index in [1.807, 2.05) is 18.2 Å². The van der Waals surface area contributed by atoms with Crippen LogP contribution in [0, 0.1) is 0 Å². The molecule has 0 aliphatic rings. The van der Waals surface area contributed by atoms with Gasteiger partial charge in [0.15, 0.2) is 0 Å². The van der Waals surface area contributed by atoms with E-state index in [1.165, 1.54) is 0 Å². The maximum absolute atomic E-state index is 10.5. The minimum absolute atomic E-state index is 0.865. The Bertz CT molecular complexity index is 487. The third kappa shape index (κ3) is 5.75. The summed E-state index contributed by atoms with van der Waals surface area (Å²) in [4.78, 5) is 14.9. The monoisotopic (exact) mass is 340 g/mol. The molecule has 1 aromatic carbocycles. The summed E-state index contributed by atoms with van der Waals surface area (Å²) in [5, 5.41) is 8.62. The zero-order valence-corrected chi connectivity index (χ0v) is 13.7. The molecule has 0 unspecified atom stereocenters. The van der Waals surface area contributed by atoms with Crippen LogP contribution in [0.3, 0.4) is 0 Å². The second kappa shape index (κ2) is 8.07. The molecular formula is C15H21BrN2O2. The van der Waals surface area contributed by atoms with Crippen molar-refractivity contribution in [3.63, 3.8) is 0 Å². The fraction of sp³-hybridized carbons (Fsp3) is 0.400. The number of carboxylic acid groups (broad SMARTS) is 1. The fourth-order valence-electron chi connectivity index (χ4n) is 1.85. The van der Waals surface area contributed by atoms with E-state index in [0.29, 0.717) is 0 Å². The van der Waals surface area contributed by atoms with E-state index < -0.39 is 5.97 Å². The Morgan fingerprint density at radius 3 is 2.55 bits per heavy atom. The van der Waals surface area contributed by atoms with Crippen molar-refractivity contribution in [3.8, 4) is 0 Å². The molecule has 0 saturated carbocycles. The largest absolute Gasteiger partial charge is 0.478 e. The lowest BCUT2D eigenvalue weighted by atomic mass is 10.2. The summed E-state index contributed by atoms with van der Waals surface area (Å²) in [6, 6.07) is 5.85. The van der Waals surface area contributed by atoms with Gasteiger partial charge in [0, 0.05) is 24.1 Å². The molecule has 0 bridgehead atoms. The van der Waals surface area contributed by atoms with Gasteiger partial charge in [-0.2, -0.15) is 0 Å². The zero-order valence-electron chi connectivity index (χ0n) is 12.1. The van der Waals surface area contributed by atoms with Gasteiger partial charge in [0.25, 0.3) is 0 Å². The number of nitrogens with zero attached hydrogens (tertiary/aromatic N) is 2. The van der Waals surface area contributed by atoms with E-state index in [4.69, 9.17) is 5.11 Å². The van der Waals surface area contributed by atoms with Gasteiger partial charge in [-0.05, 0) is 66.8 Å². The Kier molecular flexibility index (Phi) is 6.75. The average molecular weight is 341 g/mol. The highest BCUT2D eigenvalue weighted by molar-refractivity contribution is 9.10. The minimum Gasteiger partial charge on any atom is -0.478 e. The summed E-state index contributed by atoms with van der Waals surface area (Å²) in [7, 11) is 6.20. The number of aliphatic carboxylic acids is 1. The highest BCUT2D eigenvalue weighted by Gasteiger charge is 2.06. The molecule has 0 aliphatic carbocycles. The third-order valence-corrected chi connectivity index (χ3v) is 3.54. The smallest absolute Gasteiger partial charge is 0.328 e. The first-order chi connectivity index (χ1) is 9.40. The molecule has 1 aromatic rings. The molecule has 0 aromatic heterocycles. The summed E-state index contributed by atoms with van der Waals surface area (Å²) in [5.74, 6) is -0.939. The first-order valence-electron chi connectivity index (χ1n) is 6.46. The number of anilines is 1. The number of carboxylic acids is 1. The molecule has 0 amide bonds. The van der Waals surface area contributed by atoms with Gasteiger partial charge in [-0.25, -0.2) is 4.79 Å². The van der Waals surface area contributed by atoms with Gasteiger partial charge in [-0.1, -0.05) is 6.07 Å². The van der Waals surface area contributed by atoms with Gasteiger partial charge in [-0.3, -0.25) is 0 Å². The van der Waals surface area contributed by atoms with Crippen LogP contribution in [0.4, 0.5) is 5.69 Å². The number of carbonyl (C=O) groups is 1. The van der Waals surface area contributed by atoms with Crippen LogP contribution < -0.4 is 4.90 Å². The lowest BCUT2D eigenvalue weighted by Crippen LogP contribution is -2.23. The number of hydrogen-bond donors (Lipinski definition) is 1. The summed E-state index contributed by atoms with van der Waals surface area (Å²) >= 11 is 3.54. The topological polar surface area (TPSA) is 43.8 Å². The molecule has 1 N–H and O–H groups in total. The van der Waals surface area contributed by atoms with Crippen LogP contribution >= 0.6 is 15.9 Å². The van der Waals surface area contributed by atoms with Gasteiger partial charge >= 0.3 is 5.97 Å². The summed E-state index contributed by atoms with van der Waals surface area (Å²) in [5.41, 5.74) is 1.97. The quantitative estimate of drug-likeness (QED) is 0.775. The molecule has 0 aliphatic heterocycles. The van der Waals surface area contributed by atoms with Crippen LogP contribution in [-0.2, 0) is 4.79 Å². The van der Waals surface area contributed by atoms with Crippen molar-refractivity contribution in [2.24, 2.45) is 0 Å². The lowest BCUT2D eigenvalue weighted by Gasteiger charge is -2.22. The van der Waals surface area contributed by atoms with E-state index in [-0.39, 0.29) is 0 Å². The van der Waals surface area contributed by atoms with E-state index >= 15 is 0 Å². The van der Waals surface area contributed by atoms with E-state index in [2.05, 4.69) is 46.9 Å². The van der Waals surface area contributed by atoms with Crippen LogP contribution in [0.25, 0.3) is 6.08 Å². The predicted octanol–water partition coefficient (Wildman–Crippen LogP) is 2.93. The molecule has 0 atom stereocenters. The number of halogens is 1. The maximum atomic E-state index is 10.5. The third-order valence-electron chi connectivity index (χ3n) is 2.90. The minimum atomic E-state index is -0.939. The van der Waals surface area contributed by atoms with Crippen molar-refractivity contribution in [1.82, 2.24) is 4.90 Å². The highest BCUT2D eigenvalue weighted by Crippen LogP contribution is 2.27. The first-order valence-corrected chi connectivity index (χ1v) is 7.26.